The van der Waals surface area contributed by atoms with Crippen molar-refractivity contribution in [2.24, 2.45) is 0 Å². The minimum atomic E-state index is 0.804. The highest BCUT2D eigenvalue weighted by Gasteiger charge is 2.24. The Balaban J connectivity index is 1.16. The molecule has 12 rings (SSSR count). The number of imidazole rings is 1. The van der Waals surface area contributed by atoms with Crippen LogP contribution in [0.25, 0.3) is 88.4 Å². The van der Waals surface area contributed by atoms with Crippen molar-refractivity contribution in [2.45, 2.75) is 0 Å². The third-order valence-electron chi connectivity index (χ3n) is 11.7. The van der Waals surface area contributed by atoms with Gasteiger partial charge < -0.3 is 4.90 Å². The Kier molecular flexibility index (Phi) is 7.47. The molecule has 0 radical (unpaired) electrons. The topological polar surface area (TPSA) is 38.4 Å². The van der Waals surface area contributed by atoms with Crippen molar-refractivity contribution in [3.8, 4) is 28.2 Å². The second-order valence-corrected chi connectivity index (χ2v) is 15.0. The predicted molar refractivity (Wildman–Crippen MR) is 245 cm³/mol. The van der Waals surface area contributed by atoms with Crippen LogP contribution in [0, 0.1) is 0 Å². The average Bonchev–Trinajstić information content (AvgIpc) is 3.87. The zero-order valence-electron chi connectivity index (χ0n) is 31.9. The molecule has 0 aliphatic carbocycles. The van der Waals surface area contributed by atoms with Crippen LogP contribution in [-0.2, 0) is 0 Å². The highest BCUT2D eigenvalue weighted by atomic mass is 15.2. The fraction of sp³-hybridized carbons (Fsp3) is 0. The summed E-state index contributed by atoms with van der Waals surface area (Å²) in [7, 11) is 0. The van der Waals surface area contributed by atoms with Crippen LogP contribution in [0.4, 0.5) is 17.1 Å². The Morgan fingerprint density at radius 2 is 1.02 bits per heavy atom. The van der Waals surface area contributed by atoms with Crippen molar-refractivity contribution in [2.75, 3.05) is 4.90 Å². The summed E-state index contributed by atoms with van der Waals surface area (Å²) in [6, 6.07) is 75.7. The first kappa shape index (κ1) is 33.2. The van der Waals surface area contributed by atoms with Crippen LogP contribution in [0.3, 0.4) is 0 Å². The van der Waals surface area contributed by atoms with E-state index >= 15 is 0 Å². The summed E-state index contributed by atoms with van der Waals surface area (Å²) in [6.07, 6.45) is 0. The van der Waals surface area contributed by atoms with Gasteiger partial charge in [-0.3, -0.25) is 8.97 Å². The van der Waals surface area contributed by atoms with Gasteiger partial charge in [-0.25, -0.2) is 9.97 Å². The molecule has 0 N–H and O–H groups in total. The number of para-hydroxylation sites is 4. The average molecular weight is 754 g/mol. The lowest BCUT2D eigenvalue weighted by molar-refractivity contribution is 0.979. The Bertz CT molecular complexity index is 3550. The van der Waals surface area contributed by atoms with E-state index in [1.54, 1.807) is 0 Å². The number of fused-ring (bicyclic) bond motifs is 10. The van der Waals surface area contributed by atoms with Crippen molar-refractivity contribution in [1.82, 2.24) is 18.9 Å². The molecule has 0 unspecified atom stereocenters. The monoisotopic (exact) mass is 753 g/mol. The van der Waals surface area contributed by atoms with Crippen molar-refractivity contribution in [3.63, 3.8) is 0 Å². The van der Waals surface area contributed by atoms with Gasteiger partial charge in [0.25, 0.3) is 0 Å². The second kappa shape index (κ2) is 13.3. The smallest absolute Gasteiger partial charge is 0.221 e. The summed E-state index contributed by atoms with van der Waals surface area (Å²) in [5.41, 5.74) is 13.8. The SMILES string of the molecule is c1ccc(-c2ccc(N(c3ccc4c(c3)c3c5ccccc5ccc3n4-c3nc4ccccc4c4nc5ccccc5n34)c3ccccc3-c3ccccc3)cc2)cc1. The Morgan fingerprint density at radius 3 is 1.85 bits per heavy atom. The molecule has 0 saturated heterocycles. The van der Waals surface area contributed by atoms with E-state index in [1.807, 2.05) is 0 Å². The first-order valence-electron chi connectivity index (χ1n) is 20.0. The van der Waals surface area contributed by atoms with Gasteiger partial charge in [-0.15, -0.1) is 0 Å². The fourth-order valence-electron chi connectivity index (χ4n) is 9.00. The lowest BCUT2D eigenvalue weighted by Crippen LogP contribution is -2.11. The lowest BCUT2D eigenvalue weighted by atomic mass is 10.0. The number of hydrogen-bond donors (Lipinski definition) is 0. The van der Waals surface area contributed by atoms with Crippen molar-refractivity contribution < 1.29 is 0 Å². The summed E-state index contributed by atoms with van der Waals surface area (Å²) in [6.45, 7) is 0. The van der Waals surface area contributed by atoms with E-state index < -0.39 is 0 Å². The molecule has 0 bridgehead atoms. The van der Waals surface area contributed by atoms with Gasteiger partial charge in [0.05, 0.1) is 33.3 Å². The number of benzene rings is 9. The Hall–Kier alpha value is -8.02. The maximum atomic E-state index is 5.46. The minimum Gasteiger partial charge on any atom is -0.310 e. The van der Waals surface area contributed by atoms with E-state index in [9.17, 15) is 0 Å². The Morgan fingerprint density at radius 1 is 0.390 bits per heavy atom. The predicted octanol–water partition coefficient (Wildman–Crippen LogP) is 14.1. The van der Waals surface area contributed by atoms with Gasteiger partial charge in [-0.05, 0) is 94.2 Å². The third-order valence-corrected chi connectivity index (χ3v) is 11.7. The molecule has 5 nitrogen and oxygen atoms in total. The molecule has 0 spiro atoms. The molecule has 3 heterocycles. The molecule has 59 heavy (non-hydrogen) atoms. The molecule has 5 heteroatoms. The van der Waals surface area contributed by atoms with Crippen LogP contribution in [0.5, 0.6) is 0 Å². The zero-order chi connectivity index (χ0) is 38.9. The number of nitrogens with zero attached hydrogens (tertiary/aromatic N) is 5. The van der Waals surface area contributed by atoms with Gasteiger partial charge in [0.1, 0.15) is 5.65 Å². The minimum absolute atomic E-state index is 0.804. The van der Waals surface area contributed by atoms with E-state index in [0.29, 0.717) is 0 Å². The lowest BCUT2D eigenvalue weighted by Gasteiger charge is -2.28. The van der Waals surface area contributed by atoms with Gasteiger partial charge in [0.15, 0.2) is 0 Å². The maximum Gasteiger partial charge on any atom is 0.221 e. The molecule has 0 aliphatic heterocycles. The molecule has 0 aliphatic rings. The third kappa shape index (κ3) is 5.25. The van der Waals surface area contributed by atoms with E-state index in [2.05, 4.69) is 226 Å². The van der Waals surface area contributed by atoms with E-state index in [0.717, 1.165) is 78.1 Å². The van der Waals surface area contributed by atoms with Gasteiger partial charge in [0.2, 0.25) is 5.95 Å². The molecule has 0 saturated carbocycles. The van der Waals surface area contributed by atoms with Gasteiger partial charge in [-0.2, -0.15) is 0 Å². The molecule has 0 atom stereocenters. The molecular formula is C54H35N5. The van der Waals surface area contributed by atoms with Crippen molar-refractivity contribution in [3.05, 3.63) is 212 Å². The number of hydrogen-bond acceptors (Lipinski definition) is 3. The molecule has 12 aromatic rings. The quantitative estimate of drug-likeness (QED) is 0.170. The highest BCUT2D eigenvalue weighted by Crippen LogP contribution is 2.45. The summed E-state index contributed by atoms with van der Waals surface area (Å²) in [4.78, 5) is 13.0. The molecule has 9 aromatic carbocycles. The summed E-state index contributed by atoms with van der Waals surface area (Å²) in [5, 5.41) is 5.74. The fourth-order valence-corrected chi connectivity index (χ4v) is 9.00. The first-order valence-corrected chi connectivity index (χ1v) is 20.0. The van der Waals surface area contributed by atoms with Gasteiger partial charge in [0, 0.05) is 33.1 Å². The van der Waals surface area contributed by atoms with Crippen LogP contribution in [-0.4, -0.2) is 18.9 Å². The number of rotatable bonds is 6. The van der Waals surface area contributed by atoms with Crippen LogP contribution >= 0.6 is 0 Å². The normalized spacial score (nSPS) is 11.7. The van der Waals surface area contributed by atoms with E-state index in [4.69, 9.17) is 9.97 Å². The number of aromatic nitrogens is 4. The van der Waals surface area contributed by atoms with E-state index in [1.165, 1.54) is 27.3 Å². The maximum absolute atomic E-state index is 5.46. The van der Waals surface area contributed by atoms with Gasteiger partial charge >= 0.3 is 0 Å². The molecule has 276 valence electrons. The van der Waals surface area contributed by atoms with Crippen LogP contribution < -0.4 is 4.90 Å². The highest BCUT2D eigenvalue weighted by molar-refractivity contribution is 6.22. The molecular weight excluding hydrogens is 719 g/mol. The van der Waals surface area contributed by atoms with Crippen LogP contribution in [0.2, 0.25) is 0 Å². The molecule has 3 aromatic heterocycles. The Labute approximate surface area is 340 Å². The van der Waals surface area contributed by atoms with Crippen molar-refractivity contribution in [1.29, 1.82) is 0 Å². The van der Waals surface area contributed by atoms with Crippen LogP contribution in [0.15, 0.2) is 212 Å². The van der Waals surface area contributed by atoms with Crippen molar-refractivity contribution >= 4 is 77.2 Å². The molecule has 0 fully saturated rings. The largest absolute Gasteiger partial charge is 0.310 e. The summed E-state index contributed by atoms with van der Waals surface area (Å²) >= 11 is 0. The van der Waals surface area contributed by atoms with Gasteiger partial charge in [-0.1, -0.05) is 146 Å². The molecule has 0 amide bonds. The van der Waals surface area contributed by atoms with Crippen LogP contribution in [0.1, 0.15) is 0 Å². The number of anilines is 3. The van der Waals surface area contributed by atoms with E-state index in [-0.39, 0.29) is 0 Å². The first-order chi connectivity index (χ1) is 29.3. The standard InChI is InChI=1S/C54H35N5/c1-3-15-36(16-4-1)37-27-30-40(31-28-37)57(48-25-13-10-20-42(48)38-17-5-2-6-18-38)41-32-34-49-45(35-41)52-43-21-8-7-19-39(43)29-33-51(52)58(49)54-56-46-23-11-9-22-44(46)53-55-47-24-12-14-26-50(47)59(53)54/h1-35H. The second-order valence-electron chi connectivity index (χ2n) is 15.0. The zero-order valence-corrected chi connectivity index (χ0v) is 31.9. The summed E-state index contributed by atoms with van der Waals surface area (Å²) in [5.74, 6) is 0.804. The summed E-state index contributed by atoms with van der Waals surface area (Å²) < 4.78 is 4.57.